The molecular weight excluding hydrogens is 290 g/mol. The molecule has 23 heavy (non-hydrogen) atoms. The van der Waals surface area contributed by atoms with Crippen LogP contribution in [0.2, 0.25) is 0 Å². The molecule has 0 aliphatic heterocycles. The van der Waals surface area contributed by atoms with Gasteiger partial charge in [-0.05, 0) is 66.8 Å². The Hall–Kier alpha value is -1.36. The standard InChI is InChI=1S/C18H33N3O2/c1-14(21(5)13-16(22)20-18(2,3)4)17(23)19-12-11-15-9-7-6-8-10-15/h9,14H,6-8,10-13H2,1-5H3,(H,19,23)(H,20,22)/t14-/m0/s1. The molecule has 0 aromatic rings. The van der Waals surface area contributed by atoms with Crippen molar-refractivity contribution in [2.75, 3.05) is 20.1 Å². The van der Waals surface area contributed by atoms with E-state index < -0.39 is 0 Å². The Bertz CT molecular complexity index is 438. The smallest absolute Gasteiger partial charge is 0.237 e. The van der Waals surface area contributed by atoms with E-state index in [4.69, 9.17) is 0 Å². The Morgan fingerprint density at radius 2 is 2.00 bits per heavy atom. The Morgan fingerprint density at radius 1 is 1.30 bits per heavy atom. The van der Waals surface area contributed by atoms with Crippen molar-refractivity contribution in [1.29, 1.82) is 0 Å². The number of amides is 2. The van der Waals surface area contributed by atoms with Crippen LogP contribution in [0.3, 0.4) is 0 Å². The molecule has 0 aromatic carbocycles. The monoisotopic (exact) mass is 323 g/mol. The molecule has 0 spiro atoms. The summed E-state index contributed by atoms with van der Waals surface area (Å²) in [6.07, 6.45) is 8.13. The van der Waals surface area contributed by atoms with Gasteiger partial charge in [0.1, 0.15) is 0 Å². The van der Waals surface area contributed by atoms with Crippen LogP contribution in [0.15, 0.2) is 11.6 Å². The van der Waals surface area contributed by atoms with Gasteiger partial charge in [-0.2, -0.15) is 0 Å². The third-order valence-electron chi connectivity index (χ3n) is 4.08. The zero-order valence-corrected chi connectivity index (χ0v) is 15.4. The van der Waals surface area contributed by atoms with E-state index in [1.54, 1.807) is 11.9 Å². The molecule has 0 saturated carbocycles. The second-order valence-electron chi connectivity index (χ2n) is 7.54. The first-order valence-corrected chi connectivity index (χ1v) is 8.66. The van der Waals surface area contributed by atoms with E-state index in [9.17, 15) is 9.59 Å². The van der Waals surface area contributed by atoms with E-state index in [0.29, 0.717) is 6.54 Å². The summed E-state index contributed by atoms with van der Waals surface area (Å²) in [4.78, 5) is 25.9. The molecule has 0 saturated heterocycles. The predicted octanol–water partition coefficient (Wildman–Crippen LogP) is 2.23. The van der Waals surface area contributed by atoms with E-state index >= 15 is 0 Å². The molecular formula is C18H33N3O2. The third kappa shape index (κ3) is 8.16. The van der Waals surface area contributed by atoms with Gasteiger partial charge in [0.15, 0.2) is 0 Å². The molecule has 0 bridgehead atoms. The molecule has 132 valence electrons. The first kappa shape index (κ1) is 19.7. The van der Waals surface area contributed by atoms with Gasteiger partial charge in [0.05, 0.1) is 12.6 Å². The van der Waals surface area contributed by atoms with Crippen molar-refractivity contribution < 1.29 is 9.59 Å². The molecule has 0 unspecified atom stereocenters. The van der Waals surface area contributed by atoms with Crippen molar-refractivity contribution in [3.8, 4) is 0 Å². The van der Waals surface area contributed by atoms with Crippen LogP contribution in [-0.2, 0) is 9.59 Å². The van der Waals surface area contributed by atoms with E-state index in [1.165, 1.54) is 24.8 Å². The highest BCUT2D eigenvalue weighted by atomic mass is 16.2. The quantitative estimate of drug-likeness (QED) is 0.706. The minimum atomic E-state index is -0.318. The fourth-order valence-electron chi connectivity index (χ4n) is 2.65. The minimum absolute atomic E-state index is 0.0209. The normalized spacial score (nSPS) is 16.7. The van der Waals surface area contributed by atoms with Gasteiger partial charge in [0, 0.05) is 12.1 Å². The molecule has 1 aliphatic carbocycles. The molecule has 2 N–H and O–H groups in total. The SMILES string of the molecule is C[C@@H](C(=O)NCCC1=CCCCC1)N(C)CC(=O)NC(C)(C)C. The summed E-state index contributed by atoms with van der Waals surface area (Å²) < 4.78 is 0. The molecule has 1 atom stereocenters. The van der Waals surface area contributed by atoms with Gasteiger partial charge in [0.2, 0.25) is 11.8 Å². The van der Waals surface area contributed by atoms with Crippen molar-refractivity contribution in [2.24, 2.45) is 0 Å². The van der Waals surface area contributed by atoms with Crippen LogP contribution in [0.1, 0.15) is 59.8 Å². The topological polar surface area (TPSA) is 61.4 Å². The Kier molecular flexibility index (Phi) is 7.76. The number of likely N-dealkylation sites (N-methyl/N-ethyl adjacent to an activating group) is 1. The van der Waals surface area contributed by atoms with E-state index in [-0.39, 0.29) is 29.9 Å². The van der Waals surface area contributed by atoms with Crippen molar-refractivity contribution >= 4 is 11.8 Å². The number of carbonyl (C=O) groups excluding carboxylic acids is 2. The number of hydrogen-bond acceptors (Lipinski definition) is 3. The third-order valence-corrected chi connectivity index (χ3v) is 4.08. The molecule has 1 aliphatic rings. The van der Waals surface area contributed by atoms with E-state index in [0.717, 1.165) is 12.8 Å². The number of rotatable bonds is 7. The highest BCUT2D eigenvalue weighted by Crippen LogP contribution is 2.19. The number of nitrogens with one attached hydrogen (secondary N) is 2. The molecule has 1 rings (SSSR count). The summed E-state index contributed by atoms with van der Waals surface area (Å²) in [5.41, 5.74) is 1.21. The van der Waals surface area contributed by atoms with Crippen molar-refractivity contribution in [3.63, 3.8) is 0 Å². The maximum Gasteiger partial charge on any atom is 0.237 e. The zero-order valence-electron chi connectivity index (χ0n) is 15.4. The van der Waals surface area contributed by atoms with Crippen LogP contribution in [0.25, 0.3) is 0 Å². The van der Waals surface area contributed by atoms with Crippen LogP contribution >= 0.6 is 0 Å². The molecule has 0 fully saturated rings. The highest BCUT2D eigenvalue weighted by molar-refractivity contribution is 5.83. The summed E-state index contributed by atoms with van der Waals surface area (Å²) in [7, 11) is 1.80. The number of carbonyl (C=O) groups is 2. The second-order valence-corrected chi connectivity index (χ2v) is 7.54. The van der Waals surface area contributed by atoms with Gasteiger partial charge in [-0.25, -0.2) is 0 Å². The van der Waals surface area contributed by atoms with E-state index in [2.05, 4.69) is 16.7 Å². The number of nitrogens with zero attached hydrogens (tertiary/aromatic N) is 1. The lowest BCUT2D eigenvalue weighted by molar-refractivity contribution is -0.128. The Balaban J connectivity index is 2.31. The van der Waals surface area contributed by atoms with Crippen LogP contribution in [-0.4, -0.2) is 48.4 Å². The van der Waals surface area contributed by atoms with Gasteiger partial charge >= 0.3 is 0 Å². The lowest BCUT2D eigenvalue weighted by Crippen LogP contribution is -2.50. The summed E-state index contributed by atoms with van der Waals surface area (Å²) in [6.45, 7) is 8.57. The summed E-state index contributed by atoms with van der Waals surface area (Å²) >= 11 is 0. The van der Waals surface area contributed by atoms with Crippen LogP contribution in [0, 0.1) is 0 Å². The predicted molar refractivity (Wildman–Crippen MR) is 94.2 cm³/mol. The largest absolute Gasteiger partial charge is 0.354 e. The number of allylic oxidation sites excluding steroid dienone is 1. The molecule has 0 aromatic heterocycles. The Morgan fingerprint density at radius 3 is 2.57 bits per heavy atom. The second kappa shape index (κ2) is 9.06. The Labute approximate surface area is 140 Å². The van der Waals surface area contributed by atoms with Crippen molar-refractivity contribution in [3.05, 3.63) is 11.6 Å². The highest BCUT2D eigenvalue weighted by Gasteiger charge is 2.21. The van der Waals surface area contributed by atoms with Crippen LogP contribution in [0.4, 0.5) is 0 Å². The zero-order chi connectivity index (χ0) is 17.5. The molecule has 2 amide bonds. The molecule has 5 heteroatoms. The first-order chi connectivity index (χ1) is 10.7. The molecule has 0 heterocycles. The average molecular weight is 323 g/mol. The van der Waals surface area contributed by atoms with E-state index in [1.807, 2.05) is 27.7 Å². The summed E-state index contributed by atoms with van der Waals surface area (Å²) in [5, 5.41) is 5.89. The summed E-state index contributed by atoms with van der Waals surface area (Å²) in [5.74, 6) is -0.0838. The maximum absolute atomic E-state index is 12.2. The van der Waals surface area contributed by atoms with Gasteiger partial charge in [-0.1, -0.05) is 11.6 Å². The van der Waals surface area contributed by atoms with Crippen LogP contribution < -0.4 is 10.6 Å². The van der Waals surface area contributed by atoms with Crippen molar-refractivity contribution in [1.82, 2.24) is 15.5 Å². The fraction of sp³-hybridized carbons (Fsp3) is 0.778. The first-order valence-electron chi connectivity index (χ1n) is 8.66. The summed E-state index contributed by atoms with van der Waals surface area (Å²) in [6, 6.07) is -0.318. The number of hydrogen-bond donors (Lipinski definition) is 2. The lowest BCUT2D eigenvalue weighted by Gasteiger charge is -2.26. The van der Waals surface area contributed by atoms with Gasteiger partial charge in [0.25, 0.3) is 0 Å². The van der Waals surface area contributed by atoms with Crippen LogP contribution in [0.5, 0.6) is 0 Å². The van der Waals surface area contributed by atoms with Gasteiger partial charge < -0.3 is 10.6 Å². The molecule has 5 nitrogen and oxygen atoms in total. The van der Waals surface area contributed by atoms with Gasteiger partial charge in [-0.15, -0.1) is 0 Å². The minimum Gasteiger partial charge on any atom is -0.354 e. The average Bonchev–Trinajstić information content (AvgIpc) is 2.45. The van der Waals surface area contributed by atoms with Gasteiger partial charge in [-0.3, -0.25) is 14.5 Å². The molecule has 0 radical (unpaired) electrons. The fourth-order valence-corrected chi connectivity index (χ4v) is 2.65. The maximum atomic E-state index is 12.2. The lowest BCUT2D eigenvalue weighted by atomic mass is 9.97. The van der Waals surface area contributed by atoms with Crippen molar-refractivity contribution in [2.45, 2.75) is 71.4 Å².